The lowest BCUT2D eigenvalue weighted by Crippen LogP contribution is -2.30. The van der Waals surface area contributed by atoms with Crippen molar-refractivity contribution in [2.75, 3.05) is 10.7 Å². The lowest BCUT2D eigenvalue weighted by molar-refractivity contribution is -0.383. The predicted molar refractivity (Wildman–Crippen MR) is 109 cm³/mol. The second-order valence-electron chi connectivity index (χ2n) is 6.40. The largest absolute Gasteiger partial charge is 0.358 e. The second-order valence-corrected chi connectivity index (χ2v) is 6.40. The van der Waals surface area contributed by atoms with Gasteiger partial charge >= 0.3 is 5.69 Å². The van der Waals surface area contributed by atoms with Crippen molar-refractivity contribution >= 4 is 23.2 Å². The molecule has 1 unspecified atom stereocenters. The number of hydrogen-bond donors (Lipinski definition) is 3. The fraction of sp³-hybridized carbons (Fsp3) is 0.150. The van der Waals surface area contributed by atoms with Crippen LogP contribution in [0.25, 0.3) is 0 Å². The third kappa shape index (κ3) is 4.83. The van der Waals surface area contributed by atoms with Gasteiger partial charge in [0.1, 0.15) is 6.33 Å². The van der Waals surface area contributed by atoms with E-state index < -0.39 is 10.8 Å². The van der Waals surface area contributed by atoms with Gasteiger partial charge < -0.3 is 5.32 Å². The summed E-state index contributed by atoms with van der Waals surface area (Å²) in [4.78, 5) is 31.2. The van der Waals surface area contributed by atoms with Crippen LogP contribution in [0.15, 0.2) is 60.9 Å². The molecule has 148 valence electrons. The molecule has 3 N–H and O–H groups in total. The Kier molecular flexibility index (Phi) is 5.98. The number of nitrogens with one attached hydrogen (secondary N) is 3. The number of aromatic nitrogens is 2. The Morgan fingerprint density at radius 2 is 1.69 bits per heavy atom. The predicted octanol–water partition coefficient (Wildman–Crippen LogP) is 3.62. The van der Waals surface area contributed by atoms with E-state index in [1.54, 1.807) is 24.3 Å². The molecule has 0 aliphatic heterocycles. The molecule has 3 rings (SSSR count). The van der Waals surface area contributed by atoms with Gasteiger partial charge in [-0.05, 0) is 31.5 Å². The van der Waals surface area contributed by atoms with E-state index >= 15 is 0 Å². The molecular formula is C20H20N6O3. The molecule has 0 fully saturated rings. The van der Waals surface area contributed by atoms with E-state index in [1.807, 2.05) is 44.2 Å². The molecule has 1 aromatic heterocycles. The number of carbonyl (C=O) groups excluding carboxylic acids is 1. The normalized spacial score (nSPS) is 11.4. The van der Waals surface area contributed by atoms with E-state index in [1.165, 1.54) is 6.33 Å². The summed E-state index contributed by atoms with van der Waals surface area (Å²) in [5, 5.41) is 14.7. The number of carbonyl (C=O) groups is 1. The molecule has 0 radical (unpaired) electrons. The van der Waals surface area contributed by atoms with Crippen molar-refractivity contribution in [1.29, 1.82) is 0 Å². The van der Waals surface area contributed by atoms with Crippen LogP contribution < -0.4 is 16.2 Å². The van der Waals surface area contributed by atoms with E-state index in [2.05, 4.69) is 26.1 Å². The van der Waals surface area contributed by atoms with E-state index in [4.69, 9.17) is 0 Å². The zero-order valence-electron chi connectivity index (χ0n) is 15.9. The highest BCUT2D eigenvalue weighted by molar-refractivity contribution is 5.95. The van der Waals surface area contributed by atoms with Crippen LogP contribution in [0, 0.1) is 17.0 Å². The Balaban J connectivity index is 1.78. The van der Waals surface area contributed by atoms with Crippen molar-refractivity contribution in [1.82, 2.24) is 15.4 Å². The van der Waals surface area contributed by atoms with Crippen molar-refractivity contribution in [3.63, 3.8) is 0 Å². The first-order chi connectivity index (χ1) is 14.0. The van der Waals surface area contributed by atoms with Crippen LogP contribution >= 0.6 is 0 Å². The Labute approximate surface area is 167 Å². The molecule has 0 aliphatic rings. The summed E-state index contributed by atoms with van der Waals surface area (Å²) in [5.74, 6) is -0.508. The Bertz CT molecular complexity index is 1010. The molecule has 1 amide bonds. The number of aryl methyl sites for hydroxylation is 1. The van der Waals surface area contributed by atoms with Crippen LogP contribution in [0.5, 0.6) is 0 Å². The summed E-state index contributed by atoms with van der Waals surface area (Å²) in [6.45, 7) is 3.78. The number of nitro groups is 1. The molecule has 0 bridgehead atoms. The third-order valence-electron chi connectivity index (χ3n) is 4.27. The van der Waals surface area contributed by atoms with E-state index in [9.17, 15) is 14.9 Å². The summed E-state index contributed by atoms with van der Waals surface area (Å²) in [7, 11) is 0. The highest BCUT2D eigenvalue weighted by Crippen LogP contribution is 2.31. The molecule has 9 heteroatoms. The van der Waals surface area contributed by atoms with Gasteiger partial charge in [-0.1, -0.05) is 48.0 Å². The first-order valence-electron chi connectivity index (χ1n) is 8.89. The summed E-state index contributed by atoms with van der Waals surface area (Å²) in [6.07, 6.45) is 1.19. The average Bonchev–Trinajstić information content (AvgIpc) is 2.73. The number of benzene rings is 2. The van der Waals surface area contributed by atoms with Crippen molar-refractivity contribution < 1.29 is 9.72 Å². The van der Waals surface area contributed by atoms with Gasteiger partial charge in [-0.15, -0.1) is 0 Å². The van der Waals surface area contributed by atoms with E-state index in [0.29, 0.717) is 5.56 Å². The van der Waals surface area contributed by atoms with Crippen molar-refractivity contribution in [2.45, 2.75) is 19.9 Å². The zero-order valence-corrected chi connectivity index (χ0v) is 15.9. The summed E-state index contributed by atoms with van der Waals surface area (Å²) in [5.41, 5.74) is 6.98. The van der Waals surface area contributed by atoms with Gasteiger partial charge in [0.05, 0.1) is 11.0 Å². The summed E-state index contributed by atoms with van der Waals surface area (Å²) >= 11 is 0. The Morgan fingerprint density at radius 1 is 1.03 bits per heavy atom. The van der Waals surface area contributed by atoms with Gasteiger partial charge in [0.2, 0.25) is 11.6 Å². The number of nitrogens with zero attached hydrogens (tertiary/aromatic N) is 3. The summed E-state index contributed by atoms with van der Waals surface area (Å²) < 4.78 is 0. The highest BCUT2D eigenvalue weighted by Gasteiger charge is 2.24. The Hall–Kier alpha value is -4.01. The zero-order chi connectivity index (χ0) is 20.8. The van der Waals surface area contributed by atoms with E-state index in [0.717, 1.165) is 11.1 Å². The third-order valence-corrected chi connectivity index (χ3v) is 4.27. The van der Waals surface area contributed by atoms with Gasteiger partial charge in [0, 0.05) is 5.56 Å². The molecule has 9 nitrogen and oxygen atoms in total. The molecule has 29 heavy (non-hydrogen) atoms. The lowest BCUT2D eigenvalue weighted by Gasteiger charge is -2.16. The Morgan fingerprint density at radius 3 is 2.34 bits per heavy atom. The van der Waals surface area contributed by atoms with Crippen LogP contribution in [-0.2, 0) is 0 Å². The minimum atomic E-state index is -0.597. The molecule has 2 aromatic carbocycles. The van der Waals surface area contributed by atoms with Crippen LogP contribution in [0.3, 0.4) is 0 Å². The first kappa shape index (κ1) is 19.7. The van der Waals surface area contributed by atoms with Crippen LogP contribution in [0.2, 0.25) is 0 Å². The van der Waals surface area contributed by atoms with Crippen molar-refractivity contribution in [3.8, 4) is 0 Å². The maximum absolute atomic E-state index is 12.3. The second kappa shape index (κ2) is 8.79. The minimum Gasteiger partial charge on any atom is -0.358 e. The maximum atomic E-state index is 12.3. The first-order valence-corrected chi connectivity index (χ1v) is 8.89. The monoisotopic (exact) mass is 392 g/mol. The number of hydrazine groups is 1. The van der Waals surface area contributed by atoms with Gasteiger partial charge in [-0.2, -0.15) is 0 Å². The molecule has 0 spiro atoms. The smallest absolute Gasteiger partial charge is 0.354 e. The molecule has 3 aromatic rings. The van der Waals surface area contributed by atoms with Crippen molar-refractivity contribution in [3.05, 3.63) is 87.7 Å². The fourth-order valence-electron chi connectivity index (χ4n) is 2.67. The number of anilines is 2. The van der Waals surface area contributed by atoms with Crippen LogP contribution in [-0.4, -0.2) is 20.8 Å². The molecular weight excluding hydrogens is 372 g/mol. The molecule has 0 saturated carbocycles. The summed E-state index contributed by atoms with van der Waals surface area (Å²) in [6, 6.07) is 16.2. The molecule has 0 aliphatic carbocycles. The highest BCUT2D eigenvalue weighted by atomic mass is 16.6. The van der Waals surface area contributed by atoms with Gasteiger partial charge in [0.15, 0.2) is 0 Å². The minimum absolute atomic E-state index is 0.0495. The number of amides is 1. The number of rotatable bonds is 7. The molecule has 0 saturated heterocycles. The quantitative estimate of drug-likeness (QED) is 0.414. The van der Waals surface area contributed by atoms with Crippen molar-refractivity contribution in [2.24, 2.45) is 0 Å². The standard InChI is InChI=1S/C20H20N6O3/c1-13-8-10-16(11-9-13)20(27)25-24-19-17(26(28)29)18(21-12-22-19)23-14(2)15-6-4-3-5-7-15/h3-12,14H,1-2H3,(H,25,27)(H2,21,22,23,24). The SMILES string of the molecule is Cc1ccc(C(=O)NNc2ncnc(NC(C)c3ccccc3)c2[N+](=O)[O-])cc1. The van der Waals surface area contributed by atoms with Crippen LogP contribution in [0.1, 0.15) is 34.5 Å². The van der Waals surface area contributed by atoms with Gasteiger partial charge in [-0.25, -0.2) is 9.97 Å². The molecule has 1 atom stereocenters. The lowest BCUT2D eigenvalue weighted by atomic mass is 10.1. The molecule has 1 heterocycles. The number of hydrogen-bond acceptors (Lipinski definition) is 7. The van der Waals surface area contributed by atoms with Gasteiger partial charge in [-0.3, -0.25) is 25.8 Å². The van der Waals surface area contributed by atoms with Gasteiger partial charge in [0.25, 0.3) is 5.91 Å². The average molecular weight is 392 g/mol. The fourth-order valence-corrected chi connectivity index (χ4v) is 2.67. The maximum Gasteiger partial charge on any atom is 0.354 e. The van der Waals surface area contributed by atoms with E-state index in [-0.39, 0.29) is 23.4 Å². The van der Waals surface area contributed by atoms with Crippen LogP contribution in [0.4, 0.5) is 17.3 Å². The topological polar surface area (TPSA) is 122 Å².